The lowest BCUT2D eigenvalue weighted by atomic mass is 10.2. The number of para-hydroxylation sites is 1. The number of aromatic nitrogens is 4. The van der Waals surface area contributed by atoms with Crippen LogP contribution in [0.5, 0.6) is 5.75 Å². The maximum absolute atomic E-state index is 11.8. The summed E-state index contributed by atoms with van der Waals surface area (Å²) in [4.78, 5) is 16.1. The number of aromatic amines is 1. The van der Waals surface area contributed by atoms with Gasteiger partial charge in [0.1, 0.15) is 18.1 Å². The van der Waals surface area contributed by atoms with Gasteiger partial charge in [-0.05, 0) is 25.5 Å². The Kier molecular flexibility index (Phi) is 5.34. The number of H-pyrrole nitrogens is 1. The van der Waals surface area contributed by atoms with Crippen LogP contribution in [0.25, 0.3) is 0 Å². The Morgan fingerprint density at radius 3 is 2.96 bits per heavy atom. The van der Waals surface area contributed by atoms with Crippen molar-refractivity contribution in [2.45, 2.75) is 25.6 Å². The van der Waals surface area contributed by atoms with Gasteiger partial charge < -0.3 is 14.6 Å². The zero-order valence-electron chi connectivity index (χ0n) is 13.8. The predicted molar refractivity (Wildman–Crippen MR) is 92.5 cm³/mol. The Balaban J connectivity index is 1.46. The third kappa shape index (κ3) is 4.83. The van der Waals surface area contributed by atoms with E-state index in [-0.39, 0.29) is 18.3 Å². The monoisotopic (exact) mass is 359 g/mol. The average molecular weight is 359 g/mol. The predicted octanol–water partition coefficient (Wildman–Crippen LogP) is 2.72. The van der Waals surface area contributed by atoms with Gasteiger partial charge >= 0.3 is 0 Å². The van der Waals surface area contributed by atoms with Crippen LogP contribution in [0.15, 0.2) is 40.0 Å². The molecule has 2 aromatic heterocycles. The van der Waals surface area contributed by atoms with Crippen LogP contribution in [0, 0.1) is 13.8 Å². The lowest BCUT2D eigenvalue weighted by Crippen LogP contribution is -2.14. The number of carbonyl (C=O) groups is 1. The second-order valence-electron chi connectivity index (χ2n) is 5.28. The van der Waals surface area contributed by atoms with Gasteiger partial charge in [-0.3, -0.25) is 9.89 Å². The second kappa shape index (κ2) is 7.84. The summed E-state index contributed by atoms with van der Waals surface area (Å²) < 4.78 is 10.6. The molecule has 25 heavy (non-hydrogen) atoms. The number of carbonyl (C=O) groups excluding carboxylic acids is 1. The Bertz CT molecular complexity index is 861. The largest absolute Gasteiger partial charge is 0.485 e. The van der Waals surface area contributed by atoms with Crippen molar-refractivity contribution in [3.63, 3.8) is 0 Å². The summed E-state index contributed by atoms with van der Waals surface area (Å²) >= 11 is 1.22. The number of hydrogen-bond donors (Lipinski definition) is 2. The normalized spacial score (nSPS) is 10.6. The molecule has 0 saturated heterocycles. The zero-order valence-corrected chi connectivity index (χ0v) is 14.6. The van der Waals surface area contributed by atoms with Crippen LogP contribution < -0.4 is 10.1 Å². The Morgan fingerprint density at radius 1 is 1.36 bits per heavy atom. The molecule has 0 saturated carbocycles. The van der Waals surface area contributed by atoms with Crippen LogP contribution in [0.3, 0.4) is 0 Å². The summed E-state index contributed by atoms with van der Waals surface area (Å²) in [5.41, 5.74) is 1.05. The van der Waals surface area contributed by atoms with Crippen molar-refractivity contribution in [3.05, 3.63) is 47.5 Å². The van der Waals surface area contributed by atoms with Crippen LogP contribution in [0.2, 0.25) is 0 Å². The summed E-state index contributed by atoms with van der Waals surface area (Å²) in [6.45, 7) is 4.01. The van der Waals surface area contributed by atoms with E-state index in [9.17, 15) is 4.79 Å². The first-order chi connectivity index (χ1) is 12.1. The summed E-state index contributed by atoms with van der Waals surface area (Å²) in [5.74, 6) is 2.39. The fourth-order valence-corrected chi connectivity index (χ4v) is 2.62. The minimum Gasteiger partial charge on any atom is -0.485 e. The number of anilines is 1. The van der Waals surface area contributed by atoms with Gasteiger partial charge in [-0.25, -0.2) is 4.98 Å². The van der Waals surface area contributed by atoms with Crippen molar-refractivity contribution in [2.24, 2.45) is 0 Å². The Hall–Kier alpha value is -2.81. The number of rotatable bonds is 7. The highest BCUT2D eigenvalue weighted by Crippen LogP contribution is 2.18. The number of thioether (sulfide) groups is 1. The number of ether oxygens (including phenoxy) is 1. The first-order valence-electron chi connectivity index (χ1n) is 7.56. The topological polar surface area (TPSA) is 106 Å². The fraction of sp³-hybridized carbons (Fsp3) is 0.250. The van der Waals surface area contributed by atoms with E-state index in [2.05, 4.69) is 25.7 Å². The molecule has 1 amide bonds. The number of nitrogens with one attached hydrogen (secondary N) is 2. The lowest BCUT2D eigenvalue weighted by molar-refractivity contribution is -0.113. The van der Waals surface area contributed by atoms with E-state index >= 15 is 0 Å². The molecule has 0 aliphatic rings. The molecule has 2 heterocycles. The molecule has 130 valence electrons. The number of nitrogens with zero attached hydrogens (tertiary/aromatic N) is 3. The molecule has 0 atom stereocenters. The highest BCUT2D eigenvalue weighted by atomic mass is 32.2. The smallest absolute Gasteiger partial charge is 0.236 e. The molecule has 3 rings (SSSR count). The number of benzene rings is 1. The molecular weight excluding hydrogens is 342 g/mol. The van der Waals surface area contributed by atoms with E-state index < -0.39 is 0 Å². The fourth-order valence-electron chi connectivity index (χ4n) is 2.01. The summed E-state index contributed by atoms with van der Waals surface area (Å²) in [5, 5.41) is 13.7. The zero-order chi connectivity index (χ0) is 17.6. The number of hydrogen-bond acceptors (Lipinski definition) is 7. The van der Waals surface area contributed by atoms with Crippen molar-refractivity contribution >= 4 is 23.5 Å². The summed E-state index contributed by atoms with van der Waals surface area (Å²) in [6.07, 6.45) is 0. The maximum atomic E-state index is 11.8. The van der Waals surface area contributed by atoms with E-state index in [4.69, 9.17) is 9.26 Å². The molecule has 0 aliphatic heterocycles. The van der Waals surface area contributed by atoms with Crippen molar-refractivity contribution in [2.75, 3.05) is 11.1 Å². The third-order valence-corrected chi connectivity index (χ3v) is 4.04. The highest BCUT2D eigenvalue weighted by molar-refractivity contribution is 7.99. The molecule has 3 aromatic rings. The number of aryl methyl sites for hydroxylation is 2. The highest BCUT2D eigenvalue weighted by Gasteiger charge is 2.10. The molecule has 0 aliphatic carbocycles. The minimum absolute atomic E-state index is 0.169. The molecule has 0 unspecified atom stereocenters. The molecule has 1 aromatic carbocycles. The van der Waals surface area contributed by atoms with Crippen LogP contribution in [0.4, 0.5) is 5.82 Å². The van der Waals surface area contributed by atoms with Gasteiger partial charge in [0.15, 0.2) is 11.6 Å². The molecule has 0 fully saturated rings. The van der Waals surface area contributed by atoms with Crippen molar-refractivity contribution in [1.29, 1.82) is 0 Å². The molecule has 0 radical (unpaired) electrons. The van der Waals surface area contributed by atoms with Gasteiger partial charge in [0, 0.05) is 6.07 Å². The van der Waals surface area contributed by atoms with Crippen LogP contribution in [-0.4, -0.2) is 32.0 Å². The molecule has 9 heteroatoms. The van der Waals surface area contributed by atoms with Crippen LogP contribution >= 0.6 is 11.8 Å². The van der Waals surface area contributed by atoms with E-state index in [1.165, 1.54) is 11.8 Å². The second-order valence-corrected chi connectivity index (χ2v) is 6.22. The Labute approximate surface area is 148 Å². The Morgan fingerprint density at radius 2 is 2.20 bits per heavy atom. The van der Waals surface area contributed by atoms with Crippen LogP contribution in [0.1, 0.15) is 17.1 Å². The molecule has 8 nitrogen and oxygen atoms in total. The van der Waals surface area contributed by atoms with E-state index in [0.717, 1.165) is 11.3 Å². The van der Waals surface area contributed by atoms with Gasteiger partial charge in [0.05, 0.1) is 5.75 Å². The first-order valence-corrected chi connectivity index (χ1v) is 8.54. The van der Waals surface area contributed by atoms with Crippen molar-refractivity contribution in [1.82, 2.24) is 20.3 Å². The maximum Gasteiger partial charge on any atom is 0.236 e. The standard InChI is InChI=1S/C16H17N5O3S/c1-10-5-3-4-6-12(10)23-8-14-18-16(20-19-14)25-9-15(22)17-13-7-11(2)24-21-13/h3-7H,8-9H2,1-2H3,(H,17,21,22)(H,18,19,20). The molecule has 0 bridgehead atoms. The third-order valence-electron chi connectivity index (χ3n) is 3.20. The van der Waals surface area contributed by atoms with Crippen molar-refractivity contribution < 1.29 is 14.1 Å². The first kappa shape index (κ1) is 17.0. The quantitative estimate of drug-likeness (QED) is 0.625. The van der Waals surface area contributed by atoms with Gasteiger partial charge in [0.2, 0.25) is 11.1 Å². The minimum atomic E-state index is -0.208. The summed E-state index contributed by atoms with van der Waals surface area (Å²) in [7, 11) is 0. The average Bonchev–Trinajstić information content (AvgIpc) is 3.21. The van der Waals surface area contributed by atoms with E-state index in [0.29, 0.717) is 22.6 Å². The SMILES string of the molecule is Cc1cc(NC(=O)CSc2n[nH]c(COc3ccccc3C)n2)no1. The molecule has 0 spiro atoms. The van der Waals surface area contributed by atoms with Crippen molar-refractivity contribution in [3.8, 4) is 5.75 Å². The van der Waals surface area contributed by atoms with Gasteiger partial charge in [-0.2, -0.15) is 0 Å². The lowest BCUT2D eigenvalue weighted by Gasteiger charge is -2.06. The van der Waals surface area contributed by atoms with Gasteiger partial charge in [-0.1, -0.05) is 35.1 Å². The van der Waals surface area contributed by atoms with E-state index in [1.807, 2.05) is 31.2 Å². The van der Waals surface area contributed by atoms with Gasteiger partial charge in [-0.15, -0.1) is 5.10 Å². The molecular formula is C16H17N5O3S. The molecule has 2 N–H and O–H groups in total. The van der Waals surface area contributed by atoms with E-state index in [1.54, 1.807) is 13.0 Å². The van der Waals surface area contributed by atoms with Gasteiger partial charge in [0.25, 0.3) is 0 Å². The summed E-state index contributed by atoms with van der Waals surface area (Å²) in [6, 6.07) is 9.40. The number of amides is 1. The van der Waals surface area contributed by atoms with Crippen LogP contribution in [-0.2, 0) is 11.4 Å².